The average molecular weight is 635 g/mol. The van der Waals surface area contributed by atoms with E-state index in [1.165, 1.54) is 5.56 Å². The van der Waals surface area contributed by atoms with Gasteiger partial charge in [0.15, 0.2) is 0 Å². The molecule has 0 aliphatic heterocycles. The van der Waals surface area contributed by atoms with Gasteiger partial charge in [-0.1, -0.05) is 52.6 Å². The molecule has 44 heavy (non-hydrogen) atoms. The number of hydrogen-bond acceptors (Lipinski definition) is 7. The topological polar surface area (TPSA) is 79.5 Å². The van der Waals surface area contributed by atoms with Gasteiger partial charge in [0.2, 0.25) is 5.88 Å². The predicted molar refractivity (Wildman–Crippen MR) is 172 cm³/mol. The van der Waals surface area contributed by atoms with Crippen LogP contribution in [0.5, 0.6) is 5.88 Å². The molecule has 0 unspecified atom stereocenters. The second-order valence-electron chi connectivity index (χ2n) is 12.6. The van der Waals surface area contributed by atoms with E-state index < -0.39 is 0 Å². The second kappa shape index (κ2) is 12.4. The summed E-state index contributed by atoms with van der Waals surface area (Å²) < 4.78 is 23.8. The minimum absolute atomic E-state index is 0.125. The summed E-state index contributed by atoms with van der Waals surface area (Å²) in [6, 6.07) is 8.55. The highest BCUT2D eigenvalue weighted by Gasteiger charge is 2.48. The number of ether oxygens (including phenoxy) is 3. The Bertz CT molecular complexity index is 1640. The van der Waals surface area contributed by atoms with E-state index in [1.807, 2.05) is 6.07 Å². The van der Waals surface area contributed by atoms with Crippen molar-refractivity contribution in [1.29, 1.82) is 0 Å². The maximum absolute atomic E-state index is 6.82. The third kappa shape index (κ3) is 6.00. The Morgan fingerprint density at radius 2 is 1.77 bits per heavy atom. The molecule has 4 aliphatic rings. The lowest BCUT2D eigenvalue weighted by Crippen LogP contribution is -2.46. The number of allylic oxidation sites excluding steroid dienone is 1. The normalized spacial score (nSPS) is 23.2. The quantitative estimate of drug-likeness (QED) is 0.144. The van der Waals surface area contributed by atoms with Gasteiger partial charge in [0.25, 0.3) is 0 Å². The lowest BCUT2D eigenvalue weighted by molar-refractivity contribution is -0.133. The number of aromatic nitrogens is 3. The van der Waals surface area contributed by atoms with E-state index in [1.54, 1.807) is 25.7 Å². The van der Waals surface area contributed by atoms with Crippen LogP contribution in [0.15, 0.2) is 53.5 Å². The van der Waals surface area contributed by atoms with Gasteiger partial charge in [0, 0.05) is 61.2 Å². The first-order valence-corrected chi connectivity index (χ1v) is 16.4. The Labute approximate surface area is 267 Å². The van der Waals surface area contributed by atoms with Crippen LogP contribution in [-0.2, 0) is 16.1 Å². The largest absolute Gasteiger partial charge is 0.477 e. The van der Waals surface area contributed by atoms with Crippen molar-refractivity contribution in [3.05, 3.63) is 75.9 Å². The summed E-state index contributed by atoms with van der Waals surface area (Å²) in [4.78, 5) is 8.60. The summed E-state index contributed by atoms with van der Waals surface area (Å²) >= 11 is 13.0. The third-order valence-corrected chi connectivity index (χ3v) is 10.3. The maximum Gasteiger partial charge on any atom is 0.221 e. The van der Waals surface area contributed by atoms with Crippen LogP contribution in [0, 0.1) is 5.41 Å². The van der Waals surface area contributed by atoms with Crippen LogP contribution in [0.1, 0.15) is 80.6 Å². The van der Waals surface area contributed by atoms with Crippen molar-refractivity contribution >= 4 is 40.1 Å². The van der Waals surface area contributed by atoms with Gasteiger partial charge in [0.1, 0.15) is 11.5 Å². The van der Waals surface area contributed by atoms with E-state index >= 15 is 0 Å². The van der Waals surface area contributed by atoms with Crippen molar-refractivity contribution in [3.8, 4) is 17.1 Å². The first-order chi connectivity index (χ1) is 21.5. The van der Waals surface area contributed by atoms with Gasteiger partial charge in [-0.3, -0.25) is 4.98 Å². The first-order valence-electron chi connectivity index (χ1n) is 15.6. The number of hydrogen-bond donors (Lipinski definition) is 0. The van der Waals surface area contributed by atoms with E-state index in [0.29, 0.717) is 52.9 Å². The number of nitrogens with zero attached hydrogens (tertiary/aromatic N) is 3. The Morgan fingerprint density at radius 1 is 1.00 bits per heavy atom. The van der Waals surface area contributed by atoms with E-state index in [-0.39, 0.29) is 11.0 Å². The SMILES string of the molecule is COCCCOc1nccc2ccc(/C=C/C34CCC(OCc5c(-c6c(Cl)cncc6Cl)noc5C5CC5)(CC3)CC4)cc12. The van der Waals surface area contributed by atoms with Crippen molar-refractivity contribution in [2.75, 3.05) is 20.3 Å². The number of benzene rings is 1. The highest BCUT2D eigenvalue weighted by molar-refractivity contribution is 6.38. The summed E-state index contributed by atoms with van der Waals surface area (Å²) in [7, 11) is 1.70. The zero-order chi connectivity index (χ0) is 30.1. The molecule has 0 N–H and O–H groups in total. The molecule has 8 rings (SSSR count). The minimum atomic E-state index is -0.125. The molecule has 0 radical (unpaired) electrons. The molecule has 4 saturated carbocycles. The molecule has 4 fully saturated rings. The van der Waals surface area contributed by atoms with Gasteiger partial charge in [-0.25, -0.2) is 4.98 Å². The molecule has 3 aromatic heterocycles. The molecule has 9 heteroatoms. The molecule has 3 heterocycles. The van der Waals surface area contributed by atoms with Gasteiger partial charge < -0.3 is 18.7 Å². The zero-order valence-corrected chi connectivity index (χ0v) is 26.5. The number of pyridine rings is 2. The summed E-state index contributed by atoms with van der Waals surface area (Å²) in [5.41, 5.74) is 3.57. The summed E-state index contributed by atoms with van der Waals surface area (Å²) in [5.74, 6) is 1.99. The van der Waals surface area contributed by atoms with Crippen LogP contribution in [0.25, 0.3) is 28.1 Å². The average Bonchev–Trinajstić information content (AvgIpc) is 3.82. The standard InChI is InChI=1S/C35H37Cl2N3O4/c1-41-17-2-18-42-33-26-19-23(3-4-24(26)8-16-39-33)7-9-34-10-13-35(14-11-34,15-12-34)43-22-27-31(40-44-32(27)25-5-6-25)30-28(36)20-38-21-29(30)37/h3-4,7-9,16,19-21,25H,2,5-6,10-15,17-18,22H2,1H3/b9-7+. The number of methoxy groups -OCH3 is 1. The fourth-order valence-electron chi connectivity index (χ4n) is 6.86. The molecule has 4 aliphatic carbocycles. The summed E-state index contributed by atoms with van der Waals surface area (Å²) in [6.07, 6.45) is 19.2. The van der Waals surface area contributed by atoms with Crippen LogP contribution < -0.4 is 4.74 Å². The Kier molecular flexibility index (Phi) is 8.40. The van der Waals surface area contributed by atoms with Crippen molar-refractivity contribution in [2.24, 2.45) is 5.41 Å². The van der Waals surface area contributed by atoms with Crippen LogP contribution in [0.4, 0.5) is 0 Å². The van der Waals surface area contributed by atoms with E-state index in [9.17, 15) is 0 Å². The van der Waals surface area contributed by atoms with Gasteiger partial charge in [-0.05, 0) is 79.9 Å². The minimum Gasteiger partial charge on any atom is -0.477 e. The number of halogens is 2. The molecule has 0 spiro atoms. The number of rotatable bonds is 12. The van der Waals surface area contributed by atoms with E-state index in [0.717, 1.165) is 79.9 Å². The number of fused-ring (bicyclic) bond motifs is 4. The molecule has 0 atom stereocenters. The molecule has 0 saturated heterocycles. The highest BCUT2D eigenvalue weighted by atomic mass is 35.5. The Balaban J connectivity index is 1.03. The van der Waals surface area contributed by atoms with Crippen molar-refractivity contribution < 1.29 is 18.7 Å². The predicted octanol–water partition coefficient (Wildman–Crippen LogP) is 9.21. The molecular formula is C35H37Cl2N3O4. The van der Waals surface area contributed by atoms with Gasteiger partial charge in [0.05, 0.1) is 28.9 Å². The fourth-order valence-corrected chi connectivity index (χ4v) is 7.40. The van der Waals surface area contributed by atoms with E-state index in [4.69, 9.17) is 41.9 Å². The molecule has 0 amide bonds. The zero-order valence-electron chi connectivity index (χ0n) is 25.0. The lowest BCUT2D eigenvalue weighted by atomic mass is 9.58. The first kappa shape index (κ1) is 29.7. The smallest absolute Gasteiger partial charge is 0.221 e. The van der Waals surface area contributed by atoms with Gasteiger partial charge in [-0.15, -0.1) is 0 Å². The molecule has 230 valence electrons. The van der Waals surface area contributed by atoms with Crippen molar-refractivity contribution in [3.63, 3.8) is 0 Å². The fraction of sp³-hybridized carbons (Fsp3) is 0.457. The molecule has 2 bridgehead atoms. The van der Waals surface area contributed by atoms with Crippen molar-refractivity contribution in [2.45, 2.75) is 75.9 Å². The van der Waals surface area contributed by atoms with Crippen LogP contribution in [0.2, 0.25) is 10.0 Å². The molecular weight excluding hydrogens is 597 g/mol. The van der Waals surface area contributed by atoms with Crippen LogP contribution >= 0.6 is 23.2 Å². The Morgan fingerprint density at radius 3 is 2.50 bits per heavy atom. The summed E-state index contributed by atoms with van der Waals surface area (Å²) in [5, 5.41) is 7.52. The Hall–Kier alpha value is -2.97. The maximum atomic E-state index is 6.82. The third-order valence-electron chi connectivity index (χ3n) is 9.73. The summed E-state index contributed by atoms with van der Waals surface area (Å²) in [6.45, 7) is 1.70. The second-order valence-corrected chi connectivity index (χ2v) is 13.4. The van der Waals surface area contributed by atoms with Crippen LogP contribution in [0.3, 0.4) is 0 Å². The molecule has 7 nitrogen and oxygen atoms in total. The van der Waals surface area contributed by atoms with E-state index in [2.05, 4.69) is 45.5 Å². The van der Waals surface area contributed by atoms with Gasteiger partial charge in [-0.2, -0.15) is 0 Å². The van der Waals surface area contributed by atoms with Crippen molar-refractivity contribution in [1.82, 2.24) is 15.1 Å². The highest BCUT2D eigenvalue weighted by Crippen LogP contribution is 2.55. The molecule has 1 aromatic carbocycles. The van der Waals surface area contributed by atoms with Gasteiger partial charge >= 0.3 is 0 Å². The van der Waals surface area contributed by atoms with Crippen LogP contribution in [-0.4, -0.2) is 41.0 Å². The molecule has 4 aromatic rings. The lowest BCUT2D eigenvalue weighted by Gasteiger charge is -2.52. The monoisotopic (exact) mass is 633 g/mol.